The largest absolute Gasteiger partial charge is 0.342 e. The zero-order chi connectivity index (χ0) is 12.6. The molecule has 0 amide bonds. The van der Waals surface area contributed by atoms with Crippen LogP contribution in [0.15, 0.2) is 24.4 Å². The van der Waals surface area contributed by atoms with E-state index in [9.17, 15) is 9.18 Å². The number of aromatic nitrogens is 1. The number of fused-ring (bicyclic) bond motifs is 1. The van der Waals surface area contributed by atoms with Crippen molar-refractivity contribution in [2.24, 2.45) is 0 Å². The van der Waals surface area contributed by atoms with Crippen molar-refractivity contribution >= 4 is 16.7 Å². The Morgan fingerprint density at radius 1 is 1.41 bits per heavy atom. The van der Waals surface area contributed by atoms with Crippen molar-refractivity contribution < 1.29 is 9.18 Å². The molecule has 3 heteroatoms. The Kier molecular flexibility index (Phi) is 3.01. The van der Waals surface area contributed by atoms with Gasteiger partial charge in [0.05, 0.1) is 5.52 Å². The van der Waals surface area contributed by atoms with Crippen LogP contribution in [0.1, 0.15) is 32.4 Å². The molecule has 0 saturated heterocycles. The summed E-state index contributed by atoms with van der Waals surface area (Å²) in [6, 6.07) is 5.19. The van der Waals surface area contributed by atoms with Crippen molar-refractivity contribution in [2.45, 2.75) is 33.2 Å². The van der Waals surface area contributed by atoms with E-state index in [1.165, 1.54) is 6.07 Å². The van der Waals surface area contributed by atoms with Gasteiger partial charge in [-0.05, 0) is 32.4 Å². The molecule has 0 bridgehead atoms. The van der Waals surface area contributed by atoms with E-state index in [0.717, 1.165) is 10.9 Å². The highest BCUT2D eigenvalue weighted by atomic mass is 19.1. The quantitative estimate of drug-likeness (QED) is 0.795. The Labute approximate surface area is 100 Å². The second-order valence-corrected chi connectivity index (χ2v) is 4.67. The molecule has 2 aromatic rings. The Morgan fingerprint density at radius 2 is 2.12 bits per heavy atom. The van der Waals surface area contributed by atoms with Crippen molar-refractivity contribution in [3.05, 3.63) is 35.8 Å². The SMILES string of the molecule is CC(=O)Cc1cn(C(C)C)c2c(F)cccc12. The van der Waals surface area contributed by atoms with Gasteiger partial charge in [0.1, 0.15) is 11.6 Å². The number of ketones is 1. The molecule has 1 heterocycles. The molecule has 1 aromatic carbocycles. The molecule has 0 aliphatic rings. The van der Waals surface area contributed by atoms with E-state index in [4.69, 9.17) is 0 Å². The summed E-state index contributed by atoms with van der Waals surface area (Å²) in [6.45, 7) is 5.56. The monoisotopic (exact) mass is 233 g/mol. The topological polar surface area (TPSA) is 22.0 Å². The lowest BCUT2D eigenvalue weighted by Gasteiger charge is -2.09. The molecule has 0 radical (unpaired) electrons. The van der Waals surface area contributed by atoms with E-state index >= 15 is 0 Å². The molecule has 0 unspecified atom stereocenters. The fourth-order valence-corrected chi connectivity index (χ4v) is 2.16. The lowest BCUT2D eigenvalue weighted by molar-refractivity contribution is -0.116. The number of hydrogen-bond acceptors (Lipinski definition) is 1. The number of benzene rings is 1. The zero-order valence-corrected chi connectivity index (χ0v) is 10.3. The summed E-state index contributed by atoms with van der Waals surface area (Å²) in [5, 5.41) is 0.842. The molecular weight excluding hydrogens is 217 g/mol. The number of rotatable bonds is 3. The fourth-order valence-electron chi connectivity index (χ4n) is 2.16. The first-order valence-electron chi connectivity index (χ1n) is 5.78. The van der Waals surface area contributed by atoms with Gasteiger partial charge in [-0.25, -0.2) is 4.39 Å². The second-order valence-electron chi connectivity index (χ2n) is 4.67. The molecule has 0 aliphatic carbocycles. The van der Waals surface area contributed by atoms with E-state index in [-0.39, 0.29) is 17.6 Å². The van der Waals surface area contributed by atoms with Crippen LogP contribution < -0.4 is 0 Å². The molecule has 0 aliphatic heterocycles. The number of carbonyl (C=O) groups is 1. The molecule has 90 valence electrons. The number of halogens is 1. The van der Waals surface area contributed by atoms with Crippen LogP contribution in [0.3, 0.4) is 0 Å². The number of hydrogen-bond donors (Lipinski definition) is 0. The van der Waals surface area contributed by atoms with Gasteiger partial charge >= 0.3 is 0 Å². The van der Waals surface area contributed by atoms with Gasteiger partial charge in [-0.3, -0.25) is 4.79 Å². The third kappa shape index (κ3) is 2.09. The normalized spacial score (nSPS) is 11.4. The Morgan fingerprint density at radius 3 is 2.71 bits per heavy atom. The lowest BCUT2D eigenvalue weighted by atomic mass is 10.1. The highest BCUT2D eigenvalue weighted by molar-refractivity contribution is 5.89. The van der Waals surface area contributed by atoms with Gasteiger partial charge in [0.25, 0.3) is 0 Å². The van der Waals surface area contributed by atoms with Gasteiger partial charge in [-0.2, -0.15) is 0 Å². The second kappa shape index (κ2) is 4.32. The smallest absolute Gasteiger partial charge is 0.147 e. The van der Waals surface area contributed by atoms with Crippen LogP contribution in [0, 0.1) is 5.82 Å². The summed E-state index contributed by atoms with van der Waals surface area (Å²) in [4.78, 5) is 11.2. The van der Waals surface area contributed by atoms with E-state index in [1.54, 1.807) is 13.0 Å². The highest BCUT2D eigenvalue weighted by Crippen LogP contribution is 2.27. The molecule has 0 atom stereocenters. The first-order chi connectivity index (χ1) is 8.00. The summed E-state index contributed by atoms with van der Waals surface area (Å²) < 4.78 is 15.7. The molecular formula is C14H16FNO. The molecule has 0 saturated carbocycles. The predicted octanol–water partition coefficient (Wildman–Crippen LogP) is 3.49. The number of carbonyl (C=O) groups excluding carboxylic acids is 1. The van der Waals surface area contributed by atoms with Gasteiger partial charge in [-0.15, -0.1) is 0 Å². The third-order valence-electron chi connectivity index (χ3n) is 2.88. The van der Waals surface area contributed by atoms with Gasteiger partial charge in [0, 0.05) is 24.0 Å². The van der Waals surface area contributed by atoms with Gasteiger partial charge < -0.3 is 4.57 Å². The lowest BCUT2D eigenvalue weighted by Crippen LogP contribution is -2.00. The van der Waals surface area contributed by atoms with E-state index in [2.05, 4.69) is 0 Å². The standard InChI is InChI=1S/C14H16FNO/c1-9(2)16-8-11(7-10(3)17)12-5-4-6-13(15)14(12)16/h4-6,8-9H,7H2,1-3H3. The van der Waals surface area contributed by atoms with Crippen LogP contribution in [0.4, 0.5) is 4.39 Å². The maximum absolute atomic E-state index is 13.9. The molecule has 2 rings (SSSR count). The summed E-state index contributed by atoms with van der Waals surface area (Å²) in [5.74, 6) is -0.136. The average Bonchev–Trinajstić information content (AvgIpc) is 2.58. The van der Waals surface area contributed by atoms with Crippen molar-refractivity contribution in [1.29, 1.82) is 0 Å². The molecule has 0 spiro atoms. The minimum absolute atomic E-state index is 0.0945. The van der Waals surface area contributed by atoms with Crippen LogP contribution in [0.5, 0.6) is 0 Å². The van der Waals surface area contributed by atoms with Gasteiger partial charge in [0.15, 0.2) is 0 Å². The van der Waals surface area contributed by atoms with Crippen molar-refractivity contribution in [3.63, 3.8) is 0 Å². The van der Waals surface area contributed by atoms with Crippen molar-refractivity contribution in [2.75, 3.05) is 0 Å². The van der Waals surface area contributed by atoms with Crippen LogP contribution in [-0.4, -0.2) is 10.4 Å². The minimum atomic E-state index is -0.231. The van der Waals surface area contributed by atoms with Gasteiger partial charge in [-0.1, -0.05) is 12.1 Å². The third-order valence-corrected chi connectivity index (χ3v) is 2.88. The van der Waals surface area contributed by atoms with Crippen LogP contribution >= 0.6 is 0 Å². The van der Waals surface area contributed by atoms with E-state index in [0.29, 0.717) is 11.9 Å². The van der Waals surface area contributed by atoms with Crippen LogP contribution in [0.25, 0.3) is 10.9 Å². The fraction of sp³-hybridized carbons (Fsp3) is 0.357. The Bertz CT molecular complexity index is 569. The maximum atomic E-state index is 13.9. The highest BCUT2D eigenvalue weighted by Gasteiger charge is 2.14. The molecule has 1 aromatic heterocycles. The summed E-state index contributed by atoms with van der Waals surface area (Å²) in [5.41, 5.74) is 1.50. The van der Waals surface area contributed by atoms with Crippen molar-refractivity contribution in [3.8, 4) is 0 Å². The van der Waals surface area contributed by atoms with E-state index < -0.39 is 0 Å². The molecule has 2 nitrogen and oxygen atoms in total. The number of para-hydroxylation sites is 1. The first kappa shape index (κ1) is 11.8. The Balaban J connectivity index is 2.71. The van der Waals surface area contributed by atoms with Gasteiger partial charge in [0.2, 0.25) is 0 Å². The zero-order valence-electron chi connectivity index (χ0n) is 10.3. The summed E-state index contributed by atoms with van der Waals surface area (Å²) in [6.07, 6.45) is 2.25. The molecule has 0 fully saturated rings. The number of nitrogens with zero attached hydrogens (tertiary/aromatic N) is 1. The summed E-state index contributed by atoms with van der Waals surface area (Å²) >= 11 is 0. The molecule has 0 N–H and O–H groups in total. The number of Topliss-reactive ketones (excluding diaryl/α,β-unsaturated/α-hetero) is 1. The first-order valence-corrected chi connectivity index (χ1v) is 5.78. The summed E-state index contributed by atoms with van der Waals surface area (Å²) in [7, 11) is 0. The maximum Gasteiger partial charge on any atom is 0.147 e. The van der Waals surface area contributed by atoms with Crippen LogP contribution in [-0.2, 0) is 11.2 Å². The minimum Gasteiger partial charge on any atom is -0.342 e. The molecule has 17 heavy (non-hydrogen) atoms. The van der Waals surface area contributed by atoms with Crippen molar-refractivity contribution in [1.82, 2.24) is 4.57 Å². The van der Waals surface area contributed by atoms with E-state index in [1.807, 2.05) is 30.7 Å². The Hall–Kier alpha value is -1.64. The average molecular weight is 233 g/mol. The predicted molar refractivity (Wildman–Crippen MR) is 66.7 cm³/mol. The van der Waals surface area contributed by atoms with Crippen LogP contribution in [0.2, 0.25) is 0 Å².